The second-order valence-corrected chi connectivity index (χ2v) is 7.01. The predicted molar refractivity (Wildman–Crippen MR) is 109 cm³/mol. The largest absolute Gasteiger partial charge is 0.355 e. The van der Waals surface area contributed by atoms with Gasteiger partial charge in [-0.25, -0.2) is 0 Å². The molecule has 2 aromatic carbocycles. The normalized spacial score (nSPS) is 16.5. The minimum atomic E-state index is -0.139. The molecule has 28 heavy (non-hydrogen) atoms. The number of hydrogen-bond acceptors (Lipinski definition) is 3. The number of benzene rings is 2. The van der Waals surface area contributed by atoms with Crippen LogP contribution in [-0.4, -0.2) is 23.7 Å². The molecule has 1 aromatic heterocycles. The van der Waals surface area contributed by atoms with Crippen molar-refractivity contribution in [3.05, 3.63) is 70.9 Å². The van der Waals surface area contributed by atoms with Crippen molar-refractivity contribution < 1.29 is 14.3 Å². The van der Waals surface area contributed by atoms with Gasteiger partial charge in [0.15, 0.2) is 12.1 Å². The number of nitrogens with one attached hydrogen (secondary N) is 1. The average Bonchev–Trinajstić information content (AvgIpc) is 3.09. The van der Waals surface area contributed by atoms with Crippen molar-refractivity contribution in [2.24, 2.45) is 0 Å². The van der Waals surface area contributed by atoms with E-state index in [4.69, 9.17) is 9.47 Å². The monoisotopic (exact) mass is 373 g/mol. The van der Waals surface area contributed by atoms with Gasteiger partial charge in [-0.15, -0.1) is 0 Å². The lowest BCUT2D eigenvalue weighted by atomic mass is 10.1. The quantitative estimate of drug-likeness (QED) is 0.527. The summed E-state index contributed by atoms with van der Waals surface area (Å²) in [6.07, 6.45) is 3.04. The lowest BCUT2D eigenvalue weighted by molar-refractivity contribution is -0.169. The zero-order chi connectivity index (χ0) is 19.3. The highest BCUT2D eigenvalue weighted by molar-refractivity contribution is 5.94. The molecule has 0 bridgehead atoms. The smallest absolute Gasteiger partial charge is 0.159 e. The van der Waals surface area contributed by atoms with Gasteiger partial charge < -0.3 is 14.5 Å². The Morgan fingerprint density at radius 1 is 1.14 bits per heavy atom. The van der Waals surface area contributed by atoms with Crippen LogP contribution in [0, 0.1) is 11.8 Å². The van der Waals surface area contributed by atoms with Gasteiger partial charge in [-0.3, -0.25) is 4.79 Å². The van der Waals surface area contributed by atoms with Crippen LogP contribution in [0.2, 0.25) is 0 Å². The SMILES string of the molecule is CC(=O)c1ccc(C#Cc2c(COC3CCCCO3)[nH]c3ccccc23)cc1. The van der Waals surface area contributed by atoms with Gasteiger partial charge in [0.1, 0.15) is 0 Å². The number of fused-ring (bicyclic) bond motifs is 1. The van der Waals surface area contributed by atoms with E-state index in [2.05, 4.69) is 22.9 Å². The van der Waals surface area contributed by atoms with E-state index in [-0.39, 0.29) is 12.1 Å². The molecule has 1 fully saturated rings. The molecule has 0 saturated carbocycles. The van der Waals surface area contributed by atoms with Crippen LogP contribution in [0.15, 0.2) is 48.5 Å². The van der Waals surface area contributed by atoms with Crippen LogP contribution in [-0.2, 0) is 16.1 Å². The second-order valence-electron chi connectivity index (χ2n) is 7.01. The van der Waals surface area contributed by atoms with Crippen molar-refractivity contribution >= 4 is 16.7 Å². The van der Waals surface area contributed by atoms with E-state index in [1.54, 1.807) is 6.92 Å². The molecule has 2 heterocycles. The minimum Gasteiger partial charge on any atom is -0.355 e. The molecule has 1 atom stereocenters. The third-order valence-corrected chi connectivity index (χ3v) is 4.96. The zero-order valence-electron chi connectivity index (χ0n) is 16.0. The van der Waals surface area contributed by atoms with Gasteiger partial charge in [-0.2, -0.15) is 0 Å². The Hall–Kier alpha value is -2.87. The lowest BCUT2D eigenvalue weighted by Crippen LogP contribution is -2.22. The molecule has 4 heteroatoms. The van der Waals surface area contributed by atoms with E-state index in [0.29, 0.717) is 12.2 Å². The molecule has 1 unspecified atom stereocenters. The number of hydrogen-bond donors (Lipinski definition) is 1. The number of rotatable bonds is 4. The fraction of sp³-hybridized carbons (Fsp3) is 0.292. The first kappa shape index (κ1) is 18.5. The summed E-state index contributed by atoms with van der Waals surface area (Å²) in [5.41, 5.74) is 4.52. The van der Waals surface area contributed by atoms with Gasteiger partial charge in [0.25, 0.3) is 0 Å². The molecule has 3 aromatic rings. The maximum absolute atomic E-state index is 11.4. The molecule has 1 N–H and O–H groups in total. The van der Waals surface area contributed by atoms with Crippen molar-refractivity contribution in [1.29, 1.82) is 0 Å². The van der Waals surface area contributed by atoms with Crippen molar-refractivity contribution in [3.63, 3.8) is 0 Å². The first-order chi connectivity index (χ1) is 13.7. The third kappa shape index (κ3) is 4.17. The number of para-hydroxylation sites is 1. The number of ether oxygens (including phenoxy) is 2. The van der Waals surface area contributed by atoms with Gasteiger partial charge in [0, 0.05) is 28.6 Å². The number of carbonyl (C=O) groups is 1. The van der Waals surface area contributed by atoms with E-state index in [1.165, 1.54) is 0 Å². The highest BCUT2D eigenvalue weighted by Gasteiger charge is 2.16. The maximum Gasteiger partial charge on any atom is 0.159 e. The van der Waals surface area contributed by atoms with E-state index in [1.807, 2.05) is 42.5 Å². The lowest BCUT2D eigenvalue weighted by Gasteiger charge is -2.22. The van der Waals surface area contributed by atoms with Crippen molar-refractivity contribution in [1.82, 2.24) is 4.98 Å². The zero-order valence-corrected chi connectivity index (χ0v) is 16.0. The maximum atomic E-state index is 11.4. The summed E-state index contributed by atoms with van der Waals surface area (Å²) < 4.78 is 11.6. The molecule has 0 amide bonds. The molecule has 0 radical (unpaired) electrons. The summed E-state index contributed by atoms with van der Waals surface area (Å²) in [6, 6.07) is 15.5. The standard InChI is InChI=1S/C24H23NO3/c1-17(26)19-12-9-18(10-13-19)11-14-21-20-6-2-3-7-22(20)25-23(21)16-28-24-8-4-5-15-27-24/h2-3,6-7,9-10,12-13,24-25H,4-5,8,15-16H2,1H3. The van der Waals surface area contributed by atoms with Crippen LogP contribution < -0.4 is 0 Å². The van der Waals surface area contributed by atoms with E-state index in [0.717, 1.165) is 53.6 Å². The van der Waals surface area contributed by atoms with Crippen molar-refractivity contribution in [3.8, 4) is 11.8 Å². The summed E-state index contributed by atoms with van der Waals surface area (Å²) in [5.74, 6) is 6.57. The number of aromatic amines is 1. The van der Waals surface area contributed by atoms with Gasteiger partial charge in [0.2, 0.25) is 0 Å². The molecule has 1 aliphatic heterocycles. The Labute approximate surface area is 164 Å². The molecule has 0 aliphatic carbocycles. The molecular formula is C24H23NO3. The highest BCUT2D eigenvalue weighted by Crippen LogP contribution is 2.24. The van der Waals surface area contributed by atoms with Crippen LogP contribution in [0.1, 0.15) is 53.4 Å². The predicted octanol–water partition coefficient (Wildman–Crippen LogP) is 4.81. The Balaban J connectivity index is 1.60. The van der Waals surface area contributed by atoms with Crippen molar-refractivity contribution in [2.75, 3.05) is 6.61 Å². The van der Waals surface area contributed by atoms with Crippen LogP contribution in [0.4, 0.5) is 0 Å². The fourth-order valence-electron chi connectivity index (χ4n) is 3.39. The van der Waals surface area contributed by atoms with E-state index >= 15 is 0 Å². The van der Waals surface area contributed by atoms with Crippen LogP contribution in [0.25, 0.3) is 10.9 Å². The summed E-state index contributed by atoms with van der Waals surface area (Å²) in [4.78, 5) is 14.9. The van der Waals surface area contributed by atoms with Gasteiger partial charge in [-0.05, 0) is 44.4 Å². The minimum absolute atomic E-state index is 0.0560. The molecule has 1 saturated heterocycles. The number of Topliss-reactive ketones (excluding diaryl/α,β-unsaturated/α-hetero) is 1. The summed E-state index contributed by atoms with van der Waals surface area (Å²) in [7, 11) is 0. The number of ketones is 1. The number of aromatic nitrogens is 1. The van der Waals surface area contributed by atoms with Crippen LogP contribution >= 0.6 is 0 Å². The third-order valence-electron chi connectivity index (χ3n) is 4.96. The van der Waals surface area contributed by atoms with E-state index in [9.17, 15) is 4.79 Å². The van der Waals surface area contributed by atoms with E-state index < -0.39 is 0 Å². The highest BCUT2D eigenvalue weighted by atomic mass is 16.7. The fourth-order valence-corrected chi connectivity index (χ4v) is 3.39. The molecule has 1 aliphatic rings. The molecule has 142 valence electrons. The average molecular weight is 373 g/mol. The number of carbonyl (C=O) groups excluding carboxylic acids is 1. The second kappa shape index (κ2) is 8.43. The Kier molecular flexibility index (Phi) is 5.57. The summed E-state index contributed by atoms with van der Waals surface area (Å²) >= 11 is 0. The summed E-state index contributed by atoms with van der Waals surface area (Å²) in [5, 5.41) is 1.08. The molecule has 4 nitrogen and oxygen atoms in total. The Morgan fingerprint density at radius 2 is 1.96 bits per heavy atom. The van der Waals surface area contributed by atoms with Gasteiger partial charge >= 0.3 is 0 Å². The van der Waals surface area contributed by atoms with Gasteiger partial charge in [0.05, 0.1) is 17.9 Å². The Morgan fingerprint density at radius 3 is 2.71 bits per heavy atom. The first-order valence-electron chi connectivity index (χ1n) is 9.66. The Bertz CT molecular complexity index is 1030. The molecular weight excluding hydrogens is 350 g/mol. The summed E-state index contributed by atoms with van der Waals surface area (Å²) in [6.45, 7) is 2.77. The first-order valence-corrected chi connectivity index (χ1v) is 9.66. The van der Waals surface area contributed by atoms with Crippen LogP contribution in [0.5, 0.6) is 0 Å². The van der Waals surface area contributed by atoms with Crippen molar-refractivity contribution in [2.45, 2.75) is 39.1 Å². The van der Waals surface area contributed by atoms with Gasteiger partial charge in [-0.1, -0.05) is 42.2 Å². The topological polar surface area (TPSA) is 51.3 Å². The van der Waals surface area contributed by atoms with Crippen LogP contribution in [0.3, 0.4) is 0 Å². The molecule has 4 rings (SSSR count). The number of H-pyrrole nitrogens is 1. The molecule has 0 spiro atoms.